The van der Waals surface area contributed by atoms with Crippen LogP contribution in [0.3, 0.4) is 0 Å². The summed E-state index contributed by atoms with van der Waals surface area (Å²) < 4.78 is 5.57. The molecule has 0 radical (unpaired) electrons. The van der Waals surface area contributed by atoms with E-state index < -0.39 is 0 Å². The van der Waals surface area contributed by atoms with Crippen molar-refractivity contribution in [1.29, 1.82) is 0 Å². The highest BCUT2D eigenvalue weighted by molar-refractivity contribution is 5.95. The third kappa shape index (κ3) is 2.89. The van der Waals surface area contributed by atoms with Crippen molar-refractivity contribution in [2.24, 2.45) is 0 Å². The molecule has 124 valence electrons. The minimum absolute atomic E-state index is 0.153. The number of rotatable bonds is 4. The van der Waals surface area contributed by atoms with Gasteiger partial charge in [-0.05, 0) is 25.0 Å². The Morgan fingerprint density at radius 2 is 2.21 bits per heavy atom. The molecule has 0 aliphatic heterocycles. The summed E-state index contributed by atoms with van der Waals surface area (Å²) in [5.74, 6) is 0.690. The van der Waals surface area contributed by atoms with Gasteiger partial charge in [0, 0.05) is 12.1 Å². The number of fused-ring (bicyclic) bond motifs is 1. The zero-order chi connectivity index (χ0) is 16.4. The number of aromatic nitrogens is 4. The Balaban J connectivity index is 1.45. The maximum Gasteiger partial charge on any atom is 0.255 e. The number of carbonyl (C=O) groups is 1. The second-order valence-electron chi connectivity index (χ2n) is 6.15. The van der Waals surface area contributed by atoms with Crippen molar-refractivity contribution < 1.29 is 9.21 Å². The smallest absolute Gasteiger partial charge is 0.255 e. The summed E-state index contributed by atoms with van der Waals surface area (Å²) in [7, 11) is 0. The van der Waals surface area contributed by atoms with Gasteiger partial charge >= 0.3 is 0 Å². The monoisotopic (exact) mass is 325 g/mol. The molecule has 4 rings (SSSR count). The molecule has 7 nitrogen and oxygen atoms in total. The molecule has 24 heavy (non-hydrogen) atoms. The van der Waals surface area contributed by atoms with Crippen LogP contribution in [0.5, 0.6) is 0 Å². The Morgan fingerprint density at radius 1 is 1.33 bits per heavy atom. The van der Waals surface area contributed by atoms with Crippen LogP contribution in [0.25, 0.3) is 11.2 Å². The van der Waals surface area contributed by atoms with E-state index in [2.05, 4.69) is 25.5 Å². The number of carbonyl (C=O) groups excluding carboxylic acids is 1. The highest BCUT2D eigenvalue weighted by Crippen LogP contribution is 2.33. The van der Waals surface area contributed by atoms with Crippen LogP contribution in [0, 0.1) is 0 Å². The molecule has 0 saturated heterocycles. The summed E-state index contributed by atoms with van der Waals surface area (Å²) in [6.45, 7) is 0.227. The number of nitrogens with one attached hydrogen (secondary N) is 2. The number of hydrogen-bond acceptors (Lipinski definition) is 5. The van der Waals surface area contributed by atoms with Crippen molar-refractivity contribution in [2.75, 3.05) is 0 Å². The van der Waals surface area contributed by atoms with Gasteiger partial charge in [-0.2, -0.15) is 10.1 Å². The van der Waals surface area contributed by atoms with E-state index in [0.29, 0.717) is 28.6 Å². The third-order valence-electron chi connectivity index (χ3n) is 4.54. The molecule has 3 aromatic rings. The maximum absolute atomic E-state index is 12.5. The first-order chi connectivity index (χ1) is 11.8. The quantitative estimate of drug-likeness (QED) is 0.769. The van der Waals surface area contributed by atoms with Crippen LogP contribution in [-0.4, -0.2) is 26.1 Å². The zero-order valence-corrected chi connectivity index (χ0v) is 13.3. The second-order valence-corrected chi connectivity index (χ2v) is 6.15. The third-order valence-corrected chi connectivity index (χ3v) is 4.54. The van der Waals surface area contributed by atoms with E-state index in [1.165, 1.54) is 19.3 Å². The number of hydrogen-bond donors (Lipinski definition) is 2. The Morgan fingerprint density at radius 3 is 3.04 bits per heavy atom. The minimum atomic E-state index is -0.153. The number of oxazole rings is 1. The lowest BCUT2D eigenvalue weighted by Crippen LogP contribution is -2.24. The standard InChI is InChI=1S/C17H19N5O2/c23-17(12-9-20-22-15(12)11-5-2-1-3-6-11)19-10-14-21-16-13(24-14)7-4-8-18-16/h4,7-9,11H,1-3,5-6,10H2,(H,19,23)(H,20,22). The van der Waals surface area contributed by atoms with Crippen LogP contribution in [-0.2, 0) is 6.54 Å². The lowest BCUT2D eigenvalue weighted by molar-refractivity contribution is 0.0946. The van der Waals surface area contributed by atoms with Crippen LogP contribution in [0.2, 0.25) is 0 Å². The molecule has 1 fully saturated rings. The average Bonchev–Trinajstić information content (AvgIpc) is 3.27. The van der Waals surface area contributed by atoms with Crippen molar-refractivity contribution >= 4 is 17.1 Å². The molecular formula is C17H19N5O2. The van der Waals surface area contributed by atoms with E-state index in [1.807, 2.05) is 0 Å². The molecule has 0 unspecified atom stereocenters. The highest BCUT2D eigenvalue weighted by atomic mass is 16.3. The molecule has 1 aliphatic carbocycles. The molecule has 2 N–H and O–H groups in total. The molecule has 0 spiro atoms. The van der Waals surface area contributed by atoms with Crippen LogP contribution in [0.15, 0.2) is 28.9 Å². The number of amides is 1. The Hall–Kier alpha value is -2.70. The number of H-pyrrole nitrogens is 1. The van der Waals surface area contributed by atoms with Gasteiger partial charge in [-0.1, -0.05) is 19.3 Å². The highest BCUT2D eigenvalue weighted by Gasteiger charge is 2.23. The number of nitrogens with zero attached hydrogens (tertiary/aromatic N) is 3. The summed E-state index contributed by atoms with van der Waals surface area (Å²) >= 11 is 0. The van der Waals surface area contributed by atoms with Crippen molar-refractivity contribution in [2.45, 2.75) is 44.6 Å². The van der Waals surface area contributed by atoms with Crippen LogP contribution >= 0.6 is 0 Å². The van der Waals surface area contributed by atoms with Crippen molar-refractivity contribution in [3.63, 3.8) is 0 Å². The van der Waals surface area contributed by atoms with Crippen molar-refractivity contribution in [1.82, 2.24) is 25.5 Å². The first kappa shape index (κ1) is 14.9. The first-order valence-electron chi connectivity index (χ1n) is 8.33. The van der Waals surface area contributed by atoms with Crippen molar-refractivity contribution in [3.8, 4) is 0 Å². The van der Waals surface area contributed by atoms with Crippen LogP contribution in [0.4, 0.5) is 0 Å². The van der Waals surface area contributed by atoms with Crippen LogP contribution < -0.4 is 5.32 Å². The van der Waals surface area contributed by atoms with Gasteiger partial charge in [0.05, 0.1) is 24.0 Å². The number of aromatic amines is 1. The molecule has 0 atom stereocenters. The van der Waals surface area contributed by atoms with E-state index >= 15 is 0 Å². The van der Waals surface area contributed by atoms with Crippen LogP contribution in [0.1, 0.15) is 60.0 Å². The predicted octanol–water partition coefficient (Wildman–Crippen LogP) is 2.92. The molecule has 3 heterocycles. The Kier molecular flexibility index (Phi) is 3.98. The number of pyridine rings is 1. The first-order valence-corrected chi connectivity index (χ1v) is 8.33. The topological polar surface area (TPSA) is 96.7 Å². The average molecular weight is 325 g/mol. The second kappa shape index (κ2) is 6.43. The van der Waals surface area contributed by atoms with Crippen molar-refractivity contribution in [3.05, 3.63) is 41.7 Å². The van der Waals surface area contributed by atoms with Gasteiger partial charge in [0.1, 0.15) is 0 Å². The molecule has 3 aromatic heterocycles. The van der Waals surface area contributed by atoms with Gasteiger partial charge < -0.3 is 9.73 Å². The lowest BCUT2D eigenvalue weighted by atomic mass is 9.85. The van der Waals surface area contributed by atoms with Gasteiger partial charge in [0.15, 0.2) is 11.2 Å². The summed E-state index contributed by atoms with van der Waals surface area (Å²) in [4.78, 5) is 20.9. The fourth-order valence-electron chi connectivity index (χ4n) is 3.32. The molecule has 1 saturated carbocycles. The molecule has 1 amide bonds. The van der Waals surface area contributed by atoms with Gasteiger partial charge in [-0.15, -0.1) is 0 Å². The van der Waals surface area contributed by atoms with E-state index in [1.54, 1.807) is 24.5 Å². The Labute approximate surface area is 138 Å². The fraction of sp³-hybridized carbons (Fsp3) is 0.412. The minimum Gasteiger partial charge on any atom is -0.437 e. The normalized spacial score (nSPS) is 15.7. The molecule has 7 heteroatoms. The SMILES string of the molecule is O=C(NCc1nc2ncccc2o1)c1cn[nH]c1C1CCCCC1. The van der Waals surface area contributed by atoms with E-state index in [-0.39, 0.29) is 12.5 Å². The van der Waals surface area contributed by atoms with Gasteiger partial charge in [-0.3, -0.25) is 9.89 Å². The van der Waals surface area contributed by atoms with E-state index in [9.17, 15) is 4.79 Å². The molecular weight excluding hydrogens is 306 g/mol. The van der Waals surface area contributed by atoms with E-state index in [4.69, 9.17) is 4.42 Å². The zero-order valence-electron chi connectivity index (χ0n) is 13.3. The van der Waals surface area contributed by atoms with Gasteiger partial charge in [0.25, 0.3) is 5.91 Å². The lowest BCUT2D eigenvalue weighted by Gasteiger charge is -2.21. The van der Waals surface area contributed by atoms with E-state index in [0.717, 1.165) is 18.5 Å². The molecule has 0 bridgehead atoms. The fourth-order valence-corrected chi connectivity index (χ4v) is 3.32. The van der Waals surface area contributed by atoms with Gasteiger partial charge in [-0.25, -0.2) is 4.98 Å². The predicted molar refractivity (Wildman–Crippen MR) is 87.4 cm³/mol. The maximum atomic E-state index is 12.5. The molecule has 0 aromatic carbocycles. The summed E-state index contributed by atoms with van der Waals surface area (Å²) in [6.07, 6.45) is 9.18. The summed E-state index contributed by atoms with van der Waals surface area (Å²) in [5, 5.41) is 9.95. The largest absolute Gasteiger partial charge is 0.437 e. The summed E-state index contributed by atoms with van der Waals surface area (Å²) in [6, 6.07) is 3.59. The Bertz CT molecular complexity index is 814. The summed E-state index contributed by atoms with van der Waals surface area (Å²) in [5.41, 5.74) is 2.74. The van der Waals surface area contributed by atoms with Gasteiger partial charge in [0.2, 0.25) is 5.89 Å². The molecule has 1 aliphatic rings.